The first-order chi connectivity index (χ1) is 19.4. The van der Waals surface area contributed by atoms with E-state index >= 15 is 0 Å². The number of para-hydroxylation sites is 1. The lowest BCUT2D eigenvalue weighted by atomic mass is 9.99. The zero-order valence-electron chi connectivity index (χ0n) is 23.1. The van der Waals surface area contributed by atoms with Crippen LogP contribution in [0.25, 0.3) is 0 Å². The van der Waals surface area contributed by atoms with E-state index in [2.05, 4.69) is 4.72 Å². The predicted octanol–water partition coefficient (Wildman–Crippen LogP) is 3.10. The Morgan fingerprint density at radius 3 is 2.46 bits per heavy atom. The third-order valence-electron chi connectivity index (χ3n) is 6.90. The lowest BCUT2D eigenvalue weighted by Gasteiger charge is -2.38. The molecule has 2 N–H and O–H groups in total. The molecule has 11 nitrogen and oxygen atoms in total. The van der Waals surface area contributed by atoms with E-state index < -0.39 is 44.0 Å². The number of hydrogen-bond donors (Lipinski definition) is 2. The summed E-state index contributed by atoms with van der Waals surface area (Å²) in [5, 5.41) is 11.5. The molecule has 1 amide bonds. The number of aliphatic hydroxyl groups is 1. The number of sulfonamides is 2. The molecule has 41 heavy (non-hydrogen) atoms. The summed E-state index contributed by atoms with van der Waals surface area (Å²) >= 11 is 1.04. The van der Waals surface area contributed by atoms with E-state index in [4.69, 9.17) is 9.47 Å². The van der Waals surface area contributed by atoms with E-state index in [1.54, 1.807) is 30.5 Å². The normalized spacial score (nSPS) is 18.7. The predicted molar refractivity (Wildman–Crippen MR) is 156 cm³/mol. The Bertz CT molecular complexity index is 1580. The monoisotopic (exact) mass is 623 g/mol. The minimum absolute atomic E-state index is 0.0143. The Morgan fingerprint density at radius 1 is 1.15 bits per heavy atom. The maximum absolute atomic E-state index is 13.7. The zero-order valence-corrected chi connectivity index (χ0v) is 25.5. The van der Waals surface area contributed by atoms with E-state index in [-0.39, 0.29) is 45.8 Å². The Morgan fingerprint density at radius 2 is 1.85 bits per heavy atom. The van der Waals surface area contributed by atoms with Crippen molar-refractivity contribution in [2.24, 2.45) is 5.92 Å². The molecule has 2 heterocycles. The van der Waals surface area contributed by atoms with Crippen LogP contribution in [-0.4, -0.2) is 83.1 Å². The number of ether oxygens (including phenoxy) is 2. The maximum atomic E-state index is 13.7. The first-order valence-corrected chi connectivity index (χ1v) is 16.6. The maximum Gasteiger partial charge on any atom is 0.271 e. The number of thiophene rings is 1. The summed E-state index contributed by atoms with van der Waals surface area (Å²) in [6, 6.07) is 13.1. The molecule has 222 valence electrons. The third kappa shape index (κ3) is 6.51. The number of amides is 1. The van der Waals surface area contributed by atoms with Crippen LogP contribution >= 0.6 is 11.3 Å². The van der Waals surface area contributed by atoms with Crippen molar-refractivity contribution in [2.45, 2.75) is 35.1 Å². The van der Waals surface area contributed by atoms with Crippen LogP contribution in [0.5, 0.6) is 11.5 Å². The number of nitrogens with one attached hydrogen (secondary N) is 1. The second-order valence-corrected chi connectivity index (χ2v) is 14.7. The molecule has 1 aliphatic heterocycles. The lowest BCUT2D eigenvalue weighted by Crippen LogP contribution is -2.50. The second-order valence-electron chi connectivity index (χ2n) is 9.80. The Hall–Kier alpha value is -3.17. The number of carbonyl (C=O) groups is 1. The summed E-state index contributed by atoms with van der Waals surface area (Å²) in [6.45, 7) is 3.29. The highest BCUT2D eigenvalue weighted by atomic mass is 32.2. The number of nitrogens with zero attached hydrogens (tertiary/aromatic N) is 2. The molecule has 0 saturated carbocycles. The third-order valence-corrected chi connectivity index (χ3v) is 11.5. The fraction of sp³-hybridized carbons (Fsp3) is 0.370. The van der Waals surface area contributed by atoms with Gasteiger partial charge < -0.3 is 19.5 Å². The molecule has 0 saturated heterocycles. The number of hydrogen-bond acceptors (Lipinski definition) is 9. The zero-order chi connectivity index (χ0) is 29.9. The summed E-state index contributed by atoms with van der Waals surface area (Å²) in [7, 11) is -5.00. The average molecular weight is 624 g/mol. The van der Waals surface area contributed by atoms with Crippen LogP contribution < -0.4 is 14.2 Å². The molecule has 3 atom stereocenters. The summed E-state index contributed by atoms with van der Waals surface area (Å²) in [6.07, 6.45) is -0.791. The van der Waals surface area contributed by atoms with Gasteiger partial charge in [0.1, 0.15) is 16.1 Å². The van der Waals surface area contributed by atoms with E-state index in [1.807, 2.05) is 6.92 Å². The van der Waals surface area contributed by atoms with Gasteiger partial charge in [-0.1, -0.05) is 19.1 Å². The Labute approximate surface area is 244 Å². The molecule has 0 fully saturated rings. The van der Waals surface area contributed by atoms with Crippen molar-refractivity contribution >= 4 is 43.0 Å². The number of likely N-dealkylation sites (N-methyl/N-ethyl adjacent to an activating group) is 1. The van der Waals surface area contributed by atoms with E-state index in [1.165, 1.54) is 55.5 Å². The first-order valence-electron chi connectivity index (χ1n) is 12.8. The van der Waals surface area contributed by atoms with Gasteiger partial charge in [0.2, 0.25) is 10.0 Å². The highest BCUT2D eigenvalue weighted by molar-refractivity contribution is 7.94. The summed E-state index contributed by atoms with van der Waals surface area (Å²) in [5.74, 6) is -0.347. The van der Waals surface area contributed by atoms with Crippen LogP contribution in [0.1, 0.15) is 24.2 Å². The van der Waals surface area contributed by atoms with Crippen LogP contribution in [-0.2, 0) is 20.0 Å². The van der Waals surface area contributed by atoms with Gasteiger partial charge in [-0.05, 0) is 54.8 Å². The largest absolute Gasteiger partial charge is 0.497 e. The van der Waals surface area contributed by atoms with Crippen molar-refractivity contribution < 1.29 is 36.2 Å². The number of methoxy groups -OCH3 is 1. The topological polar surface area (TPSA) is 143 Å². The average Bonchev–Trinajstić information content (AvgIpc) is 3.51. The van der Waals surface area contributed by atoms with Gasteiger partial charge in [-0.2, -0.15) is 4.31 Å². The van der Waals surface area contributed by atoms with Crippen LogP contribution in [0.15, 0.2) is 69.1 Å². The van der Waals surface area contributed by atoms with E-state index in [0.717, 1.165) is 15.6 Å². The fourth-order valence-electron chi connectivity index (χ4n) is 4.43. The Balaban J connectivity index is 1.74. The number of fused-ring (bicyclic) bond motifs is 1. The van der Waals surface area contributed by atoms with Crippen molar-refractivity contribution in [1.29, 1.82) is 0 Å². The summed E-state index contributed by atoms with van der Waals surface area (Å²) in [4.78, 5) is 15.2. The van der Waals surface area contributed by atoms with Gasteiger partial charge in [0.15, 0.2) is 5.75 Å². The molecular weight excluding hydrogens is 591 g/mol. The van der Waals surface area contributed by atoms with Crippen LogP contribution in [0, 0.1) is 5.92 Å². The quantitative estimate of drug-likeness (QED) is 0.351. The van der Waals surface area contributed by atoms with Gasteiger partial charge in [-0.3, -0.25) is 9.52 Å². The number of carbonyl (C=O) groups excluding carboxylic acids is 1. The van der Waals surface area contributed by atoms with Crippen molar-refractivity contribution in [3.8, 4) is 11.5 Å². The van der Waals surface area contributed by atoms with Gasteiger partial charge in [0.05, 0.1) is 42.4 Å². The van der Waals surface area contributed by atoms with E-state index in [0.29, 0.717) is 5.75 Å². The van der Waals surface area contributed by atoms with Crippen LogP contribution in [0.3, 0.4) is 0 Å². The molecule has 4 rings (SSSR count). The molecule has 1 aliphatic rings. The minimum Gasteiger partial charge on any atom is -0.497 e. The first kappa shape index (κ1) is 30.8. The van der Waals surface area contributed by atoms with Gasteiger partial charge in [0.25, 0.3) is 15.9 Å². The number of anilines is 1. The smallest absolute Gasteiger partial charge is 0.271 e. The number of rotatable bonds is 10. The van der Waals surface area contributed by atoms with Crippen LogP contribution in [0.4, 0.5) is 5.69 Å². The van der Waals surface area contributed by atoms with Crippen LogP contribution in [0.2, 0.25) is 0 Å². The van der Waals surface area contributed by atoms with Gasteiger partial charge in [-0.25, -0.2) is 16.8 Å². The molecule has 0 spiro atoms. The Kier molecular flexibility index (Phi) is 9.29. The van der Waals surface area contributed by atoms with Crippen molar-refractivity contribution in [2.75, 3.05) is 38.6 Å². The van der Waals surface area contributed by atoms with Crippen molar-refractivity contribution in [3.05, 3.63) is 65.5 Å². The fourth-order valence-corrected chi connectivity index (χ4v) is 7.67. The summed E-state index contributed by atoms with van der Waals surface area (Å²) in [5.41, 5.74) is 0.134. The molecule has 3 aromatic rings. The van der Waals surface area contributed by atoms with Crippen molar-refractivity contribution in [1.82, 2.24) is 9.21 Å². The molecule has 1 aromatic heterocycles. The molecule has 0 unspecified atom stereocenters. The highest BCUT2D eigenvalue weighted by Gasteiger charge is 2.36. The van der Waals surface area contributed by atoms with Crippen molar-refractivity contribution in [3.63, 3.8) is 0 Å². The van der Waals surface area contributed by atoms with E-state index in [9.17, 15) is 26.7 Å². The minimum atomic E-state index is -3.99. The molecule has 0 bridgehead atoms. The standard InChI is InChI=1S/C27H33N3O8S3/c1-18-15-30(19(2)17-31)27(32)22-7-5-8-23(28-40(33,34)25-9-6-14-39-25)26(22)38-24(18)16-29(3)41(35,36)21-12-10-20(37-4)11-13-21/h5-14,18-19,24,28,31H,15-17H2,1-4H3/t18-,19-,24+/m0/s1. The molecule has 0 radical (unpaired) electrons. The molecule has 0 aliphatic carbocycles. The summed E-state index contributed by atoms with van der Waals surface area (Å²) < 4.78 is 68.2. The SMILES string of the molecule is COc1ccc(S(=O)(=O)N(C)C[C@H]2Oc3c(NS(=O)(=O)c4cccs4)cccc3C(=O)N([C@@H](C)CO)C[C@@H]2C)cc1. The number of benzene rings is 2. The van der Waals surface area contributed by atoms with Gasteiger partial charge in [-0.15, -0.1) is 11.3 Å². The molecule has 14 heteroatoms. The number of aliphatic hydroxyl groups excluding tert-OH is 1. The van der Waals surface area contributed by atoms with Gasteiger partial charge >= 0.3 is 0 Å². The highest BCUT2D eigenvalue weighted by Crippen LogP contribution is 2.36. The second kappa shape index (κ2) is 12.4. The van der Waals surface area contributed by atoms with Gasteiger partial charge in [0, 0.05) is 19.5 Å². The molecule has 2 aromatic carbocycles. The lowest BCUT2D eigenvalue weighted by molar-refractivity contribution is 0.0389. The molecular formula is C27H33N3O8S3.